The Bertz CT molecular complexity index is 1590. The van der Waals surface area contributed by atoms with Crippen LogP contribution in [0.25, 0.3) is 10.2 Å². The van der Waals surface area contributed by atoms with Gasteiger partial charge in [0.1, 0.15) is 11.8 Å². The molecule has 1 atom stereocenters. The zero-order valence-corrected chi connectivity index (χ0v) is 21.5. The van der Waals surface area contributed by atoms with Crippen LogP contribution >= 0.6 is 11.3 Å². The minimum absolute atomic E-state index is 0.0135. The Morgan fingerprint density at radius 2 is 1.92 bits per heavy atom. The second kappa shape index (κ2) is 10.3. The molecule has 3 N–H and O–H groups in total. The maximum atomic E-state index is 13.4. The zero-order valence-electron chi connectivity index (χ0n) is 19.9. The van der Waals surface area contributed by atoms with Gasteiger partial charge in [0.2, 0.25) is 21.8 Å². The van der Waals surface area contributed by atoms with Gasteiger partial charge in [-0.3, -0.25) is 9.59 Å². The highest BCUT2D eigenvalue weighted by atomic mass is 32.2. The molecule has 0 radical (unpaired) electrons. The van der Waals surface area contributed by atoms with Crippen LogP contribution in [-0.4, -0.2) is 31.8 Å². The van der Waals surface area contributed by atoms with E-state index >= 15 is 0 Å². The van der Waals surface area contributed by atoms with E-state index in [1.54, 1.807) is 36.4 Å². The van der Waals surface area contributed by atoms with Gasteiger partial charge in [0.15, 0.2) is 5.13 Å². The number of hydrogen-bond donors (Lipinski definition) is 3. The van der Waals surface area contributed by atoms with Crippen molar-refractivity contribution in [3.63, 3.8) is 0 Å². The molecule has 1 aliphatic heterocycles. The number of amides is 2. The van der Waals surface area contributed by atoms with Crippen molar-refractivity contribution >= 4 is 54.2 Å². The van der Waals surface area contributed by atoms with E-state index in [9.17, 15) is 18.0 Å². The zero-order chi connectivity index (χ0) is 26.0. The minimum Gasteiger partial charge on any atom is -0.494 e. The molecule has 5 rings (SSSR count). The van der Waals surface area contributed by atoms with Crippen molar-refractivity contribution in [3.8, 4) is 5.75 Å². The summed E-state index contributed by atoms with van der Waals surface area (Å²) < 4.78 is 35.6. The summed E-state index contributed by atoms with van der Waals surface area (Å²) in [6.07, 6.45) is 0.725. The number of carbonyl (C=O) groups excluding carboxylic acids is 2. The maximum Gasteiger partial charge on any atom is 0.248 e. The average molecular weight is 537 g/mol. The fraction of sp³-hybridized carbons (Fsp3) is 0.192. The highest BCUT2D eigenvalue weighted by Gasteiger charge is 2.29. The Morgan fingerprint density at radius 3 is 2.70 bits per heavy atom. The summed E-state index contributed by atoms with van der Waals surface area (Å²) >= 11 is 1.27. The van der Waals surface area contributed by atoms with Crippen molar-refractivity contribution in [2.24, 2.45) is 0 Å². The molecule has 4 aromatic rings. The first-order chi connectivity index (χ1) is 17.8. The van der Waals surface area contributed by atoms with E-state index in [0.717, 1.165) is 10.3 Å². The number of sulfonamides is 1. The van der Waals surface area contributed by atoms with Crippen molar-refractivity contribution in [2.75, 3.05) is 17.2 Å². The fourth-order valence-electron chi connectivity index (χ4n) is 4.06. The van der Waals surface area contributed by atoms with Crippen LogP contribution in [0, 0.1) is 0 Å². The van der Waals surface area contributed by atoms with E-state index in [1.807, 2.05) is 25.1 Å². The number of aromatic nitrogens is 1. The van der Waals surface area contributed by atoms with Gasteiger partial charge in [-0.25, -0.2) is 13.4 Å². The molecular formula is C26H24N4O5S2. The lowest BCUT2D eigenvalue weighted by Gasteiger charge is -2.20. The second-order valence-electron chi connectivity index (χ2n) is 8.40. The third-order valence-electron chi connectivity index (χ3n) is 5.85. The number of aryl methyl sites for hydroxylation is 1. The first kappa shape index (κ1) is 24.9. The van der Waals surface area contributed by atoms with E-state index in [0.29, 0.717) is 40.7 Å². The molecule has 0 saturated carbocycles. The number of carbonyl (C=O) groups is 2. The maximum absolute atomic E-state index is 13.4. The molecule has 37 heavy (non-hydrogen) atoms. The van der Waals surface area contributed by atoms with Gasteiger partial charge in [-0.2, -0.15) is 4.72 Å². The van der Waals surface area contributed by atoms with Gasteiger partial charge in [-0.05, 0) is 60.9 Å². The summed E-state index contributed by atoms with van der Waals surface area (Å²) in [5, 5.41) is 5.85. The molecule has 0 bridgehead atoms. The van der Waals surface area contributed by atoms with Crippen molar-refractivity contribution in [1.82, 2.24) is 9.71 Å². The van der Waals surface area contributed by atoms with Gasteiger partial charge in [0.25, 0.3) is 0 Å². The van der Waals surface area contributed by atoms with Crippen molar-refractivity contribution in [3.05, 3.63) is 77.9 Å². The molecule has 0 fully saturated rings. The number of hydrogen-bond acceptors (Lipinski definition) is 7. The SMILES string of the molecule is CCOc1ccc2nc(NC(=O)[C@@H](NS(=O)(=O)c3ccc4c(c3)CCC(=O)N4)c3ccccc3)sc2c1. The highest BCUT2D eigenvalue weighted by Crippen LogP contribution is 2.31. The third kappa shape index (κ3) is 5.48. The van der Waals surface area contributed by atoms with Gasteiger partial charge < -0.3 is 15.4 Å². The van der Waals surface area contributed by atoms with Crippen LogP contribution in [0.2, 0.25) is 0 Å². The lowest BCUT2D eigenvalue weighted by atomic mass is 10.0. The molecule has 9 nitrogen and oxygen atoms in total. The molecule has 190 valence electrons. The van der Waals surface area contributed by atoms with Gasteiger partial charge in [-0.15, -0.1) is 0 Å². The Morgan fingerprint density at radius 1 is 1.11 bits per heavy atom. The van der Waals surface area contributed by atoms with Crippen molar-refractivity contribution in [2.45, 2.75) is 30.7 Å². The monoisotopic (exact) mass is 536 g/mol. The van der Waals surface area contributed by atoms with Crippen LogP contribution < -0.4 is 20.1 Å². The molecular weight excluding hydrogens is 512 g/mol. The third-order valence-corrected chi connectivity index (χ3v) is 8.21. The molecule has 2 amide bonds. The van der Waals surface area contributed by atoms with Gasteiger partial charge in [0.05, 0.1) is 21.7 Å². The second-order valence-corrected chi connectivity index (χ2v) is 11.1. The molecule has 0 unspecified atom stereocenters. The number of nitrogens with one attached hydrogen (secondary N) is 3. The van der Waals surface area contributed by atoms with E-state index in [4.69, 9.17) is 4.74 Å². The predicted molar refractivity (Wildman–Crippen MR) is 142 cm³/mol. The van der Waals surface area contributed by atoms with E-state index in [2.05, 4.69) is 20.3 Å². The molecule has 0 spiro atoms. The number of nitrogens with zero attached hydrogens (tertiary/aromatic N) is 1. The molecule has 2 heterocycles. The number of ether oxygens (including phenoxy) is 1. The van der Waals surface area contributed by atoms with Crippen molar-refractivity contribution in [1.29, 1.82) is 0 Å². The lowest BCUT2D eigenvalue weighted by Crippen LogP contribution is -2.37. The summed E-state index contributed by atoms with van der Waals surface area (Å²) in [5.41, 5.74) is 2.50. The van der Waals surface area contributed by atoms with Crippen LogP contribution in [-0.2, 0) is 26.0 Å². The van der Waals surface area contributed by atoms with Crippen LogP contribution in [0.1, 0.15) is 30.5 Å². The van der Waals surface area contributed by atoms with Crippen LogP contribution in [0.3, 0.4) is 0 Å². The Kier molecular flexibility index (Phi) is 6.92. The normalized spacial score (nSPS) is 14.0. The van der Waals surface area contributed by atoms with Gasteiger partial charge in [0, 0.05) is 12.1 Å². The topological polar surface area (TPSA) is 126 Å². The molecule has 3 aromatic carbocycles. The van der Waals surface area contributed by atoms with Crippen LogP contribution in [0.4, 0.5) is 10.8 Å². The minimum atomic E-state index is -4.09. The fourth-order valence-corrected chi connectivity index (χ4v) is 6.19. The van der Waals surface area contributed by atoms with Crippen LogP contribution in [0.5, 0.6) is 5.75 Å². The quantitative estimate of drug-likeness (QED) is 0.309. The summed E-state index contributed by atoms with van der Waals surface area (Å²) in [5.74, 6) is 0.0335. The van der Waals surface area contributed by atoms with E-state index in [-0.39, 0.29) is 17.2 Å². The standard InChI is InChI=1S/C26H24N4O5S2/c1-2-35-18-9-11-21-22(15-18)36-26(28-21)29-25(32)24(16-6-4-3-5-7-16)30-37(33,34)19-10-12-20-17(14-19)8-13-23(31)27-20/h3-7,9-12,14-15,24,30H,2,8,13H2,1H3,(H,27,31)(H,28,29,32)/t24-/m0/s1. The summed E-state index contributed by atoms with van der Waals surface area (Å²) in [7, 11) is -4.09. The first-order valence-corrected chi connectivity index (χ1v) is 14.0. The number of anilines is 2. The molecule has 0 saturated heterocycles. The number of thiazole rings is 1. The van der Waals surface area contributed by atoms with E-state index in [1.165, 1.54) is 23.5 Å². The largest absolute Gasteiger partial charge is 0.494 e. The Balaban J connectivity index is 1.42. The number of benzene rings is 3. The highest BCUT2D eigenvalue weighted by molar-refractivity contribution is 7.89. The van der Waals surface area contributed by atoms with Crippen LogP contribution in [0.15, 0.2) is 71.6 Å². The molecule has 11 heteroatoms. The number of rotatable bonds is 8. The Hall–Kier alpha value is -3.80. The smallest absolute Gasteiger partial charge is 0.248 e. The predicted octanol–water partition coefficient (Wildman–Crippen LogP) is 4.24. The molecule has 1 aliphatic rings. The molecule has 0 aliphatic carbocycles. The van der Waals surface area contributed by atoms with Gasteiger partial charge >= 0.3 is 0 Å². The Labute approximate surface area is 217 Å². The molecule has 1 aromatic heterocycles. The average Bonchev–Trinajstić information content (AvgIpc) is 3.29. The van der Waals surface area contributed by atoms with Gasteiger partial charge in [-0.1, -0.05) is 41.7 Å². The summed E-state index contributed by atoms with van der Waals surface area (Å²) in [6, 6.07) is 17.4. The van der Waals surface area contributed by atoms with Crippen molar-refractivity contribution < 1.29 is 22.7 Å². The first-order valence-electron chi connectivity index (χ1n) is 11.7. The lowest BCUT2D eigenvalue weighted by molar-refractivity contribution is -0.118. The number of fused-ring (bicyclic) bond motifs is 2. The summed E-state index contributed by atoms with van der Waals surface area (Å²) in [4.78, 5) is 29.5. The van der Waals surface area contributed by atoms with E-state index < -0.39 is 22.0 Å². The summed E-state index contributed by atoms with van der Waals surface area (Å²) in [6.45, 7) is 2.43.